The molecule has 4 aromatic rings. The third-order valence-corrected chi connectivity index (χ3v) is 5.41. The van der Waals surface area contributed by atoms with Crippen molar-refractivity contribution < 1.29 is 9.53 Å². The molecule has 0 unspecified atom stereocenters. The molecule has 0 N–H and O–H groups in total. The van der Waals surface area contributed by atoms with Gasteiger partial charge in [-0.25, -0.2) is 4.79 Å². The summed E-state index contributed by atoms with van der Waals surface area (Å²) in [7, 11) is 0. The van der Waals surface area contributed by atoms with Crippen LogP contribution in [0.25, 0.3) is 22.2 Å². The maximum absolute atomic E-state index is 12.0. The van der Waals surface area contributed by atoms with Crippen molar-refractivity contribution in [2.45, 2.75) is 13.3 Å². The smallest absolute Gasteiger partial charge is 0.335 e. The molecule has 30 heavy (non-hydrogen) atoms. The summed E-state index contributed by atoms with van der Waals surface area (Å²) in [6.07, 6.45) is 1.97. The predicted octanol–water partition coefficient (Wildman–Crippen LogP) is 6.15. The summed E-state index contributed by atoms with van der Waals surface area (Å²) in [5.41, 5.74) is 6.84. The van der Waals surface area contributed by atoms with Crippen molar-refractivity contribution in [3.63, 3.8) is 0 Å². The van der Waals surface area contributed by atoms with Crippen molar-refractivity contribution in [1.82, 2.24) is 8.75 Å². The molecule has 0 aliphatic rings. The zero-order valence-electron chi connectivity index (χ0n) is 16.5. The molecule has 0 spiro atoms. The largest absolute Gasteiger partial charge is 0.423 e. The lowest BCUT2D eigenvalue weighted by Gasteiger charge is -2.18. The van der Waals surface area contributed by atoms with Gasteiger partial charge in [-0.3, -0.25) is 0 Å². The van der Waals surface area contributed by atoms with Gasteiger partial charge in [0.15, 0.2) is 0 Å². The van der Waals surface area contributed by atoms with Gasteiger partial charge in [0.2, 0.25) is 0 Å². The summed E-state index contributed by atoms with van der Waals surface area (Å²) in [6.45, 7) is 5.64. The van der Waals surface area contributed by atoms with Crippen LogP contribution in [0.2, 0.25) is 0 Å². The van der Waals surface area contributed by atoms with Gasteiger partial charge in [0.1, 0.15) is 16.8 Å². The normalized spacial score (nSPS) is 11.8. The Morgan fingerprint density at radius 1 is 0.967 bits per heavy atom. The lowest BCUT2D eigenvalue weighted by atomic mass is 9.87. The fraction of sp³-hybridized carbons (Fsp3) is 0.0800. The number of carbonyl (C=O) groups is 1. The summed E-state index contributed by atoms with van der Waals surface area (Å²) >= 11 is 1.20. The first-order valence-corrected chi connectivity index (χ1v) is 10.4. The van der Waals surface area contributed by atoms with Crippen LogP contribution in [-0.4, -0.2) is 14.7 Å². The molecule has 1 heterocycles. The molecular formula is C25H20N2O2S. The number of fused-ring (bicyclic) bond motifs is 1. The number of ether oxygens (including phenoxy) is 1. The number of aromatic nitrogens is 2. The van der Waals surface area contributed by atoms with Gasteiger partial charge in [-0.1, -0.05) is 68.1 Å². The van der Waals surface area contributed by atoms with Gasteiger partial charge in [-0.15, -0.1) is 0 Å². The summed E-state index contributed by atoms with van der Waals surface area (Å²) in [4.78, 5) is 12.0. The zero-order valence-corrected chi connectivity index (χ0v) is 17.4. The number of nitrogens with zero attached hydrogens (tertiary/aromatic N) is 2. The van der Waals surface area contributed by atoms with Crippen LogP contribution in [0.1, 0.15) is 30.0 Å². The molecule has 3 aromatic carbocycles. The Morgan fingerprint density at radius 3 is 2.47 bits per heavy atom. The molecule has 0 aliphatic heterocycles. The van der Waals surface area contributed by atoms with E-state index in [9.17, 15) is 4.79 Å². The lowest BCUT2D eigenvalue weighted by Crippen LogP contribution is -2.06. The second-order valence-corrected chi connectivity index (χ2v) is 7.19. The average Bonchev–Trinajstić information content (AvgIpc) is 3.26. The van der Waals surface area contributed by atoms with E-state index in [2.05, 4.69) is 34.4 Å². The minimum atomic E-state index is -0.487. The van der Waals surface area contributed by atoms with Gasteiger partial charge in [-0.05, 0) is 46.9 Å². The van der Waals surface area contributed by atoms with E-state index in [0.717, 1.165) is 45.3 Å². The first kappa shape index (κ1) is 19.7. The second kappa shape index (κ2) is 8.84. The first-order chi connectivity index (χ1) is 14.7. The fourth-order valence-corrected chi connectivity index (χ4v) is 4.02. The number of allylic oxidation sites excluding steroid dienone is 1. The van der Waals surface area contributed by atoms with Gasteiger partial charge < -0.3 is 4.74 Å². The average molecular weight is 413 g/mol. The molecule has 0 atom stereocenters. The molecule has 0 amide bonds. The monoisotopic (exact) mass is 412 g/mol. The number of esters is 1. The van der Waals surface area contributed by atoms with Gasteiger partial charge in [0.05, 0.1) is 11.7 Å². The number of hydrogen-bond acceptors (Lipinski definition) is 5. The highest BCUT2D eigenvalue weighted by Gasteiger charge is 2.18. The Balaban J connectivity index is 2.01. The topological polar surface area (TPSA) is 52.1 Å². The van der Waals surface area contributed by atoms with Crippen molar-refractivity contribution in [3.05, 3.63) is 102 Å². The summed E-state index contributed by atoms with van der Waals surface area (Å²) in [5.74, 6) is 0.00879. The second-order valence-electron chi connectivity index (χ2n) is 6.66. The summed E-state index contributed by atoms with van der Waals surface area (Å²) < 4.78 is 14.3. The summed E-state index contributed by atoms with van der Waals surface area (Å²) in [5, 5.41) is 0. The van der Waals surface area contributed by atoms with Crippen LogP contribution in [0.3, 0.4) is 0 Å². The van der Waals surface area contributed by atoms with E-state index in [1.165, 1.54) is 17.8 Å². The Kier molecular flexibility index (Phi) is 5.82. The molecule has 1 aromatic heterocycles. The number of para-hydroxylation sites is 1. The molecule has 4 rings (SSSR count). The molecule has 0 aliphatic carbocycles. The fourth-order valence-electron chi connectivity index (χ4n) is 3.51. The standard InChI is InChI=1S/C25H20N2O2S/c1-3-19(17-10-6-5-7-11-17)25(18-14-15-21-22(16-18)27-30-26-21)20-12-8-9-13-23(20)29-24(28)4-2/h4-16H,2-3H2,1H3/b25-19+. The molecule has 0 fully saturated rings. The Bertz CT molecular complexity index is 1240. The molecule has 5 heteroatoms. The summed E-state index contributed by atoms with van der Waals surface area (Å²) in [6, 6.07) is 23.9. The van der Waals surface area contributed by atoms with Crippen LogP contribution in [0.4, 0.5) is 0 Å². The Morgan fingerprint density at radius 2 is 1.70 bits per heavy atom. The van der Waals surface area contributed by atoms with E-state index >= 15 is 0 Å². The van der Waals surface area contributed by atoms with Crippen LogP contribution in [0.15, 0.2) is 85.5 Å². The van der Waals surface area contributed by atoms with Crippen LogP contribution in [0.5, 0.6) is 5.75 Å². The first-order valence-electron chi connectivity index (χ1n) is 9.66. The van der Waals surface area contributed by atoms with Crippen molar-refractivity contribution in [2.24, 2.45) is 0 Å². The third kappa shape index (κ3) is 3.93. The van der Waals surface area contributed by atoms with Crippen molar-refractivity contribution in [2.75, 3.05) is 0 Å². The number of benzene rings is 3. The quantitative estimate of drug-likeness (QED) is 0.165. The van der Waals surface area contributed by atoms with E-state index in [1.807, 2.05) is 54.6 Å². The molecule has 0 radical (unpaired) electrons. The lowest BCUT2D eigenvalue weighted by molar-refractivity contribution is -0.128. The Labute approximate surface area is 179 Å². The van der Waals surface area contributed by atoms with Gasteiger partial charge in [0, 0.05) is 11.6 Å². The number of carbonyl (C=O) groups excluding carboxylic acids is 1. The minimum Gasteiger partial charge on any atom is -0.423 e. The molecule has 0 saturated heterocycles. The van der Waals surface area contributed by atoms with Crippen molar-refractivity contribution in [3.8, 4) is 5.75 Å². The van der Waals surface area contributed by atoms with E-state index in [-0.39, 0.29) is 0 Å². The number of hydrogen-bond donors (Lipinski definition) is 0. The van der Waals surface area contributed by atoms with Crippen molar-refractivity contribution in [1.29, 1.82) is 0 Å². The molecule has 0 bridgehead atoms. The predicted molar refractivity (Wildman–Crippen MR) is 122 cm³/mol. The van der Waals surface area contributed by atoms with Crippen LogP contribution in [0, 0.1) is 0 Å². The molecular weight excluding hydrogens is 392 g/mol. The van der Waals surface area contributed by atoms with E-state index in [1.54, 1.807) is 6.07 Å². The number of rotatable bonds is 6. The van der Waals surface area contributed by atoms with Crippen molar-refractivity contribution >= 4 is 39.9 Å². The van der Waals surface area contributed by atoms with Crippen LogP contribution < -0.4 is 4.74 Å². The maximum atomic E-state index is 12.0. The van der Waals surface area contributed by atoms with Crippen LogP contribution in [-0.2, 0) is 4.79 Å². The van der Waals surface area contributed by atoms with Gasteiger partial charge in [0.25, 0.3) is 0 Å². The Hall–Kier alpha value is -3.57. The SMILES string of the molecule is C=CC(=O)Oc1ccccc1/C(=C(\CC)c1ccccc1)c1ccc2nsnc2c1. The molecule has 148 valence electrons. The highest BCUT2D eigenvalue weighted by atomic mass is 32.1. The van der Waals surface area contributed by atoms with E-state index in [4.69, 9.17) is 4.74 Å². The van der Waals surface area contributed by atoms with Crippen LogP contribution >= 0.6 is 11.7 Å². The van der Waals surface area contributed by atoms with E-state index in [0.29, 0.717) is 5.75 Å². The minimum absolute atomic E-state index is 0.487. The molecule has 0 saturated carbocycles. The zero-order chi connectivity index (χ0) is 20.9. The third-order valence-electron chi connectivity index (χ3n) is 4.85. The molecule has 4 nitrogen and oxygen atoms in total. The van der Waals surface area contributed by atoms with E-state index < -0.39 is 5.97 Å². The van der Waals surface area contributed by atoms with Gasteiger partial charge in [-0.2, -0.15) is 8.75 Å². The maximum Gasteiger partial charge on any atom is 0.335 e. The highest BCUT2D eigenvalue weighted by Crippen LogP contribution is 2.39. The van der Waals surface area contributed by atoms with Gasteiger partial charge >= 0.3 is 5.97 Å². The highest BCUT2D eigenvalue weighted by molar-refractivity contribution is 7.00.